The van der Waals surface area contributed by atoms with E-state index in [-0.39, 0.29) is 0 Å². The Morgan fingerprint density at radius 1 is 1.53 bits per heavy atom. The summed E-state index contributed by atoms with van der Waals surface area (Å²) >= 11 is 0. The summed E-state index contributed by atoms with van der Waals surface area (Å²) in [6.07, 6.45) is 1.97. The second-order valence-corrected chi connectivity index (χ2v) is 4.26. The van der Waals surface area contributed by atoms with Crippen LogP contribution in [-0.2, 0) is 0 Å². The molecule has 19 heavy (non-hydrogen) atoms. The van der Waals surface area contributed by atoms with Crippen LogP contribution in [0.2, 0.25) is 0 Å². The quantitative estimate of drug-likeness (QED) is 0.812. The van der Waals surface area contributed by atoms with Gasteiger partial charge in [-0.3, -0.25) is 4.79 Å². The van der Waals surface area contributed by atoms with Crippen molar-refractivity contribution in [1.29, 1.82) is 5.26 Å². The summed E-state index contributed by atoms with van der Waals surface area (Å²) < 4.78 is 1.58. The molecule has 0 fully saturated rings. The Morgan fingerprint density at radius 3 is 3.00 bits per heavy atom. The molecule has 1 amide bonds. The molecule has 2 aromatic rings. The zero-order valence-electron chi connectivity index (χ0n) is 10.1. The van der Waals surface area contributed by atoms with Crippen LogP contribution in [0, 0.1) is 11.3 Å². The lowest BCUT2D eigenvalue weighted by atomic mass is 10.1. The maximum atomic E-state index is 11.4. The van der Waals surface area contributed by atoms with Crippen molar-refractivity contribution in [1.82, 2.24) is 15.1 Å². The summed E-state index contributed by atoms with van der Waals surface area (Å²) in [7, 11) is 0. The number of fused-ring (bicyclic) bond motifs is 1. The summed E-state index contributed by atoms with van der Waals surface area (Å²) in [6, 6.07) is 7.23. The van der Waals surface area contributed by atoms with Crippen molar-refractivity contribution < 1.29 is 4.79 Å². The Morgan fingerprint density at radius 2 is 2.37 bits per heavy atom. The molecule has 6 nitrogen and oxygen atoms in total. The number of nitrogens with two attached hydrogens (primary N) is 1. The molecule has 0 bridgehead atoms. The molecule has 1 aliphatic heterocycles. The van der Waals surface area contributed by atoms with Crippen LogP contribution in [0.1, 0.15) is 16.1 Å². The zero-order chi connectivity index (χ0) is 13.4. The normalized spacial score (nSPS) is 14.4. The van der Waals surface area contributed by atoms with Gasteiger partial charge in [-0.25, -0.2) is 4.68 Å². The Labute approximate surface area is 109 Å². The van der Waals surface area contributed by atoms with Crippen LogP contribution in [0.4, 0.5) is 0 Å². The van der Waals surface area contributed by atoms with Crippen molar-refractivity contribution in [2.45, 2.75) is 0 Å². The smallest absolute Gasteiger partial charge is 0.250 e. The SMILES string of the molecule is N#Cc1c2cccc(C(N)=O)c2nn1C1=CCNC1. The molecule has 6 heteroatoms. The zero-order valence-corrected chi connectivity index (χ0v) is 10.1. The van der Waals surface area contributed by atoms with Crippen molar-refractivity contribution in [3.63, 3.8) is 0 Å². The van der Waals surface area contributed by atoms with Gasteiger partial charge in [0.15, 0.2) is 5.69 Å². The van der Waals surface area contributed by atoms with Gasteiger partial charge in [-0.2, -0.15) is 10.4 Å². The number of hydrogen-bond acceptors (Lipinski definition) is 4. The molecule has 0 radical (unpaired) electrons. The van der Waals surface area contributed by atoms with Crippen LogP contribution < -0.4 is 11.1 Å². The van der Waals surface area contributed by atoms with Crippen LogP contribution >= 0.6 is 0 Å². The highest BCUT2D eigenvalue weighted by atomic mass is 16.1. The molecule has 2 heterocycles. The van der Waals surface area contributed by atoms with Gasteiger partial charge in [0.2, 0.25) is 0 Å². The number of nitriles is 1. The lowest BCUT2D eigenvalue weighted by Gasteiger charge is -2.01. The maximum absolute atomic E-state index is 11.4. The Bertz CT molecular complexity index is 750. The van der Waals surface area contributed by atoms with E-state index in [0.29, 0.717) is 28.7 Å². The van der Waals surface area contributed by atoms with Crippen LogP contribution in [0.3, 0.4) is 0 Å². The molecule has 0 saturated carbocycles. The van der Waals surface area contributed by atoms with Crippen LogP contribution in [0.5, 0.6) is 0 Å². The Hall–Kier alpha value is -2.65. The first-order valence-electron chi connectivity index (χ1n) is 5.84. The number of amides is 1. The standard InChI is InChI=1S/C13H11N5O/c14-6-11-9-2-1-3-10(13(15)19)12(9)17-18(11)8-4-5-16-7-8/h1-4,16H,5,7H2,(H2,15,19). The van der Waals surface area contributed by atoms with Crippen molar-refractivity contribution in [2.75, 3.05) is 13.1 Å². The van der Waals surface area contributed by atoms with E-state index in [1.807, 2.05) is 6.08 Å². The van der Waals surface area contributed by atoms with Gasteiger partial charge >= 0.3 is 0 Å². The summed E-state index contributed by atoms with van der Waals surface area (Å²) in [5.74, 6) is -0.543. The van der Waals surface area contributed by atoms with Gasteiger partial charge in [0, 0.05) is 18.5 Å². The van der Waals surface area contributed by atoms with Crippen molar-refractivity contribution in [3.8, 4) is 6.07 Å². The molecule has 0 aliphatic carbocycles. The molecule has 0 saturated heterocycles. The maximum Gasteiger partial charge on any atom is 0.250 e. The fourth-order valence-corrected chi connectivity index (χ4v) is 2.24. The minimum absolute atomic E-state index is 0.333. The topological polar surface area (TPSA) is 96.7 Å². The summed E-state index contributed by atoms with van der Waals surface area (Å²) in [6.45, 7) is 1.40. The molecule has 3 rings (SSSR count). The molecular formula is C13H11N5O. The molecule has 3 N–H and O–H groups in total. The summed E-state index contributed by atoms with van der Waals surface area (Å²) in [5.41, 5.74) is 7.47. The molecule has 0 atom stereocenters. The fraction of sp³-hybridized carbons (Fsp3) is 0.154. The van der Waals surface area contributed by atoms with E-state index in [1.54, 1.807) is 22.9 Å². The van der Waals surface area contributed by atoms with Gasteiger partial charge in [-0.05, 0) is 18.2 Å². The predicted molar refractivity (Wildman–Crippen MR) is 70.1 cm³/mol. The molecule has 1 aliphatic rings. The van der Waals surface area contributed by atoms with Gasteiger partial charge < -0.3 is 11.1 Å². The average molecular weight is 253 g/mol. The van der Waals surface area contributed by atoms with Crippen molar-refractivity contribution in [2.24, 2.45) is 5.73 Å². The number of benzene rings is 1. The lowest BCUT2D eigenvalue weighted by Crippen LogP contribution is -2.12. The number of carbonyl (C=O) groups is 1. The third-order valence-corrected chi connectivity index (χ3v) is 3.13. The largest absolute Gasteiger partial charge is 0.366 e. The molecule has 0 unspecified atom stereocenters. The second kappa shape index (κ2) is 4.23. The number of carbonyl (C=O) groups excluding carboxylic acids is 1. The predicted octanol–water partition coefficient (Wildman–Crippen LogP) is 0.451. The third kappa shape index (κ3) is 1.68. The minimum atomic E-state index is -0.543. The average Bonchev–Trinajstić information content (AvgIpc) is 3.04. The number of nitrogens with zero attached hydrogens (tertiary/aromatic N) is 3. The van der Waals surface area contributed by atoms with Crippen LogP contribution in [0.15, 0.2) is 24.3 Å². The monoisotopic (exact) mass is 253 g/mol. The van der Waals surface area contributed by atoms with E-state index >= 15 is 0 Å². The molecule has 1 aromatic carbocycles. The first-order chi connectivity index (χ1) is 9.22. The number of hydrogen-bond donors (Lipinski definition) is 2. The minimum Gasteiger partial charge on any atom is -0.366 e. The first kappa shape index (κ1) is 11.4. The number of primary amides is 1. The second-order valence-electron chi connectivity index (χ2n) is 4.26. The first-order valence-corrected chi connectivity index (χ1v) is 5.84. The summed E-state index contributed by atoms with van der Waals surface area (Å²) in [4.78, 5) is 11.4. The van der Waals surface area contributed by atoms with Gasteiger partial charge in [-0.1, -0.05) is 6.07 Å². The van der Waals surface area contributed by atoms with Crippen molar-refractivity contribution in [3.05, 3.63) is 35.5 Å². The van der Waals surface area contributed by atoms with E-state index < -0.39 is 5.91 Å². The molecule has 1 aromatic heterocycles. The molecule has 0 spiro atoms. The highest BCUT2D eigenvalue weighted by molar-refractivity contribution is 6.06. The van der Waals surface area contributed by atoms with Crippen LogP contribution in [-0.4, -0.2) is 28.8 Å². The molecule has 94 valence electrons. The highest BCUT2D eigenvalue weighted by Crippen LogP contribution is 2.24. The third-order valence-electron chi connectivity index (χ3n) is 3.13. The van der Waals surface area contributed by atoms with E-state index in [4.69, 9.17) is 5.73 Å². The van der Waals surface area contributed by atoms with E-state index in [2.05, 4.69) is 16.5 Å². The van der Waals surface area contributed by atoms with E-state index in [1.165, 1.54) is 0 Å². The van der Waals surface area contributed by atoms with E-state index in [0.717, 1.165) is 12.2 Å². The van der Waals surface area contributed by atoms with E-state index in [9.17, 15) is 10.1 Å². The fourth-order valence-electron chi connectivity index (χ4n) is 2.24. The van der Waals surface area contributed by atoms with Gasteiger partial charge in [-0.15, -0.1) is 0 Å². The number of nitrogens with one attached hydrogen (secondary N) is 1. The molecular weight excluding hydrogens is 242 g/mol. The van der Waals surface area contributed by atoms with Gasteiger partial charge in [0.05, 0.1) is 11.3 Å². The Kier molecular flexibility index (Phi) is 2.54. The number of rotatable bonds is 2. The number of aromatic nitrogens is 2. The van der Waals surface area contributed by atoms with Gasteiger partial charge in [0.1, 0.15) is 11.6 Å². The van der Waals surface area contributed by atoms with Crippen LogP contribution in [0.25, 0.3) is 16.6 Å². The summed E-state index contributed by atoms with van der Waals surface area (Å²) in [5, 5.41) is 17.5. The lowest BCUT2D eigenvalue weighted by molar-refractivity contribution is 0.100. The van der Waals surface area contributed by atoms with Gasteiger partial charge in [0.25, 0.3) is 5.91 Å². The highest BCUT2D eigenvalue weighted by Gasteiger charge is 2.19. The van der Waals surface area contributed by atoms with Crippen molar-refractivity contribution >= 4 is 22.5 Å². The Balaban J connectivity index is 2.33.